The summed E-state index contributed by atoms with van der Waals surface area (Å²) in [6.45, 7) is 1.89. The lowest BCUT2D eigenvalue weighted by Crippen LogP contribution is -2.04. The van der Waals surface area contributed by atoms with Gasteiger partial charge in [0.25, 0.3) is 0 Å². The van der Waals surface area contributed by atoms with Gasteiger partial charge in [-0.05, 0) is 52.6 Å². The van der Waals surface area contributed by atoms with E-state index in [-0.39, 0.29) is 12.0 Å². The number of rotatable bonds is 3. The Balaban J connectivity index is 2.21. The first-order valence-electron chi connectivity index (χ1n) is 5.22. The van der Waals surface area contributed by atoms with Crippen LogP contribution >= 0.6 is 11.3 Å². The van der Waals surface area contributed by atoms with Gasteiger partial charge in [-0.25, -0.2) is 8.78 Å². The van der Waals surface area contributed by atoms with E-state index in [1.807, 2.05) is 17.7 Å². The largest absolute Gasteiger partial charge is 0.388 e. The van der Waals surface area contributed by atoms with Crippen LogP contribution in [0.25, 0.3) is 0 Å². The molecule has 0 bridgehead atoms. The predicted molar refractivity (Wildman–Crippen MR) is 64.1 cm³/mol. The van der Waals surface area contributed by atoms with Crippen LogP contribution in [-0.4, -0.2) is 5.11 Å². The van der Waals surface area contributed by atoms with Crippen molar-refractivity contribution in [3.8, 4) is 0 Å². The van der Waals surface area contributed by atoms with Crippen LogP contribution in [0.1, 0.15) is 22.8 Å². The van der Waals surface area contributed by atoms with E-state index in [9.17, 15) is 13.9 Å². The van der Waals surface area contributed by atoms with Crippen LogP contribution < -0.4 is 0 Å². The minimum Gasteiger partial charge on any atom is -0.388 e. The van der Waals surface area contributed by atoms with E-state index in [1.165, 1.54) is 11.3 Å². The van der Waals surface area contributed by atoms with Crippen LogP contribution in [0.2, 0.25) is 0 Å². The second-order valence-electron chi connectivity index (χ2n) is 3.97. The molecular formula is C13H12F2OS. The van der Waals surface area contributed by atoms with Crippen molar-refractivity contribution in [3.63, 3.8) is 0 Å². The second kappa shape index (κ2) is 4.94. The molecule has 0 aliphatic rings. The first-order valence-corrected chi connectivity index (χ1v) is 6.17. The van der Waals surface area contributed by atoms with Crippen LogP contribution in [0, 0.1) is 18.6 Å². The zero-order valence-corrected chi connectivity index (χ0v) is 10.1. The van der Waals surface area contributed by atoms with Crippen molar-refractivity contribution < 1.29 is 13.9 Å². The number of aryl methyl sites for hydroxylation is 1. The highest BCUT2D eigenvalue weighted by atomic mass is 32.1. The Bertz CT molecular complexity index is 522. The first-order chi connectivity index (χ1) is 8.08. The van der Waals surface area contributed by atoms with Gasteiger partial charge in [-0.3, -0.25) is 0 Å². The summed E-state index contributed by atoms with van der Waals surface area (Å²) in [6, 6.07) is 3.28. The van der Waals surface area contributed by atoms with E-state index in [2.05, 4.69) is 0 Å². The minimum absolute atomic E-state index is 0.0845. The molecule has 0 fully saturated rings. The number of hydrogen-bond acceptors (Lipinski definition) is 2. The first kappa shape index (κ1) is 12.2. The van der Waals surface area contributed by atoms with E-state index in [1.54, 1.807) is 0 Å². The molecule has 4 heteroatoms. The average molecular weight is 254 g/mol. The zero-order valence-electron chi connectivity index (χ0n) is 9.28. The Labute approximate surface area is 102 Å². The van der Waals surface area contributed by atoms with Gasteiger partial charge in [0.2, 0.25) is 0 Å². The number of halogens is 2. The molecule has 1 aromatic heterocycles. The number of thiophene rings is 1. The highest BCUT2D eigenvalue weighted by Crippen LogP contribution is 2.25. The lowest BCUT2D eigenvalue weighted by Gasteiger charge is -2.11. The van der Waals surface area contributed by atoms with Gasteiger partial charge in [-0.1, -0.05) is 0 Å². The van der Waals surface area contributed by atoms with Crippen molar-refractivity contribution in [2.75, 3.05) is 0 Å². The molecule has 0 aliphatic carbocycles. The number of aliphatic hydroxyl groups is 1. The lowest BCUT2D eigenvalue weighted by molar-refractivity contribution is 0.177. The zero-order chi connectivity index (χ0) is 12.4. The molecule has 0 radical (unpaired) electrons. The van der Waals surface area contributed by atoms with Gasteiger partial charge >= 0.3 is 0 Å². The molecule has 0 amide bonds. The van der Waals surface area contributed by atoms with Gasteiger partial charge in [-0.15, -0.1) is 0 Å². The Hall–Kier alpha value is -1.26. The van der Waals surface area contributed by atoms with E-state index in [0.29, 0.717) is 0 Å². The molecule has 1 N–H and O–H groups in total. The molecule has 90 valence electrons. The summed E-state index contributed by atoms with van der Waals surface area (Å²) in [5.74, 6) is -0.978. The number of hydrogen-bond donors (Lipinski definition) is 1. The maximum Gasteiger partial charge on any atom is 0.126 e. The van der Waals surface area contributed by atoms with Crippen molar-refractivity contribution in [1.29, 1.82) is 0 Å². The molecule has 2 aromatic rings. The van der Waals surface area contributed by atoms with Gasteiger partial charge in [0.1, 0.15) is 11.6 Å². The summed E-state index contributed by atoms with van der Waals surface area (Å²) in [5, 5.41) is 13.7. The topological polar surface area (TPSA) is 20.2 Å². The van der Waals surface area contributed by atoms with Crippen molar-refractivity contribution in [1.82, 2.24) is 0 Å². The highest BCUT2D eigenvalue weighted by molar-refractivity contribution is 7.08. The van der Waals surface area contributed by atoms with Gasteiger partial charge in [0.15, 0.2) is 0 Å². The molecule has 0 spiro atoms. The Kier molecular flexibility index (Phi) is 3.54. The predicted octanol–water partition coefficient (Wildman–Crippen LogP) is 3.61. The average Bonchev–Trinajstić information content (AvgIpc) is 2.70. The van der Waals surface area contributed by atoms with Crippen molar-refractivity contribution in [2.45, 2.75) is 19.4 Å². The molecule has 17 heavy (non-hydrogen) atoms. The highest BCUT2D eigenvalue weighted by Gasteiger charge is 2.14. The molecule has 1 atom stereocenters. The number of aliphatic hydroxyl groups excluding tert-OH is 1. The van der Waals surface area contributed by atoms with Gasteiger partial charge in [0.05, 0.1) is 6.10 Å². The Morgan fingerprint density at radius 2 is 2.06 bits per heavy atom. The minimum atomic E-state index is -0.794. The summed E-state index contributed by atoms with van der Waals surface area (Å²) < 4.78 is 26.4. The molecule has 0 saturated heterocycles. The summed E-state index contributed by atoms with van der Waals surface area (Å²) in [4.78, 5) is 0. The van der Waals surface area contributed by atoms with Crippen LogP contribution in [-0.2, 0) is 6.42 Å². The number of benzene rings is 1. The molecule has 2 rings (SSSR count). The summed E-state index contributed by atoms with van der Waals surface area (Å²) in [7, 11) is 0. The van der Waals surface area contributed by atoms with E-state index in [0.717, 1.165) is 29.3 Å². The maximum absolute atomic E-state index is 13.4. The van der Waals surface area contributed by atoms with E-state index in [4.69, 9.17) is 0 Å². The molecule has 1 nitrogen and oxygen atoms in total. The lowest BCUT2D eigenvalue weighted by atomic mass is 10.0. The normalized spacial score (nSPS) is 12.7. The molecule has 1 heterocycles. The third-order valence-electron chi connectivity index (χ3n) is 2.68. The van der Waals surface area contributed by atoms with Crippen LogP contribution in [0.4, 0.5) is 8.78 Å². The standard InChI is InChI=1S/C13H12F2OS/c1-8-6-17-7-11(8)13(16)5-9-4-10(14)2-3-12(9)15/h2-4,6-7,13,16H,5H2,1H3. The smallest absolute Gasteiger partial charge is 0.126 e. The van der Waals surface area contributed by atoms with Gasteiger partial charge in [0, 0.05) is 6.42 Å². The molecule has 0 saturated carbocycles. The fourth-order valence-corrected chi connectivity index (χ4v) is 2.63. The Morgan fingerprint density at radius 1 is 1.29 bits per heavy atom. The molecule has 1 unspecified atom stereocenters. The SMILES string of the molecule is Cc1cscc1C(O)Cc1cc(F)ccc1F. The van der Waals surface area contributed by atoms with Crippen LogP contribution in [0.15, 0.2) is 29.0 Å². The molecule has 1 aromatic carbocycles. The van der Waals surface area contributed by atoms with Crippen molar-refractivity contribution in [2.24, 2.45) is 0 Å². The van der Waals surface area contributed by atoms with Crippen LogP contribution in [0.5, 0.6) is 0 Å². The molecule has 0 aliphatic heterocycles. The quantitative estimate of drug-likeness (QED) is 0.887. The second-order valence-corrected chi connectivity index (χ2v) is 4.71. The maximum atomic E-state index is 13.4. The van der Waals surface area contributed by atoms with Crippen molar-refractivity contribution in [3.05, 3.63) is 57.3 Å². The third-order valence-corrected chi connectivity index (χ3v) is 3.55. The van der Waals surface area contributed by atoms with Crippen molar-refractivity contribution >= 4 is 11.3 Å². The summed E-state index contributed by atoms with van der Waals surface area (Å²) in [6.07, 6.45) is -0.709. The Morgan fingerprint density at radius 3 is 2.71 bits per heavy atom. The fourth-order valence-electron chi connectivity index (χ4n) is 1.73. The van der Waals surface area contributed by atoms with E-state index >= 15 is 0 Å². The summed E-state index contributed by atoms with van der Waals surface area (Å²) in [5.41, 5.74) is 1.95. The third kappa shape index (κ3) is 2.70. The van der Waals surface area contributed by atoms with Crippen LogP contribution in [0.3, 0.4) is 0 Å². The van der Waals surface area contributed by atoms with Gasteiger partial charge in [-0.2, -0.15) is 11.3 Å². The monoisotopic (exact) mass is 254 g/mol. The van der Waals surface area contributed by atoms with E-state index < -0.39 is 17.7 Å². The molecular weight excluding hydrogens is 242 g/mol. The fraction of sp³-hybridized carbons (Fsp3) is 0.231. The summed E-state index contributed by atoms with van der Waals surface area (Å²) >= 11 is 1.48. The van der Waals surface area contributed by atoms with Gasteiger partial charge < -0.3 is 5.11 Å².